The number of nitrogens with one attached hydrogen (secondary N) is 3. The molecule has 258 valence electrons. The molecule has 6 rings (SSSR count). The van der Waals surface area contributed by atoms with Crippen molar-refractivity contribution in [3.05, 3.63) is 108 Å². The maximum absolute atomic E-state index is 13.6. The number of para-hydroxylation sites is 2. The number of alkyl carbamates (subject to hydrolysis) is 1. The number of rotatable bonds is 11. The second kappa shape index (κ2) is 15.9. The van der Waals surface area contributed by atoms with Crippen LogP contribution in [0.1, 0.15) is 75.3 Å². The number of aliphatic carboxylic acids is 1. The molecule has 0 saturated heterocycles. The summed E-state index contributed by atoms with van der Waals surface area (Å²) in [6.07, 6.45) is 7.21. The summed E-state index contributed by atoms with van der Waals surface area (Å²) in [5, 5.41) is 16.5. The third kappa shape index (κ3) is 9.08. The molecule has 0 unspecified atom stereocenters. The first-order chi connectivity index (χ1) is 23.6. The fourth-order valence-electron chi connectivity index (χ4n) is 6.60. The summed E-state index contributed by atoms with van der Waals surface area (Å²) in [6.45, 7) is 4.11. The van der Waals surface area contributed by atoms with Crippen LogP contribution in [0.25, 0.3) is 21.9 Å². The average Bonchev–Trinajstić information content (AvgIpc) is 3.72. The Morgan fingerprint density at radius 2 is 1.69 bits per heavy atom. The molecule has 0 aliphatic heterocycles. The molecule has 1 aliphatic rings. The lowest BCUT2D eigenvalue weighted by molar-refractivity contribution is -0.140. The quantitative estimate of drug-likeness (QED) is 0.0983. The molecule has 2 amide bonds. The van der Waals surface area contributed by atoms with Gasteiger partial charge >= 0.3 is 12.1 Å². The van der Waals surface area contributed by atoms with Crippen molar-refractivity contribution in [2.24, 2.45) is 11.1 Å². The fraction of sp³-hybridized carbons (Fsp3) is 0.359. The maximum Gasteiger partial charge on any atom is 0.408 e. The molecule has 2 atom stereocenters. The van der Waals surface area contributed by atoms with Gasteiger partial charge in [-0.2, -0.15) is 0 Å². The summed E-state index contributed by atoms with van der Waals surface area (Å²) < 4.78 is 11.2. The topological polar surface area (TPSA) is 160 Å². The minimum absolute atomic E-state index is 0.0499. The minimum Gasteiger partial charge on any atom is -0.481 e. The Kier molecular flexibility index (Phi) is 11.4. The normalized spacial score (nSPS) is 15.7. The first kappa shape index (κ1) is 35.2. The molecule has 49 heavy (non-hydrogen) atoms. The van der Waals surface area contributed by atoms with Gasteiger partial charge in [-0.1, -0.05) is 86.0 Å². The summed E-state index contributed by atoms with van der Waals surface area (Å²) in [4.78, 5) is 40.4. The molecule has 2 aromatic heterocycles. The van der Waals surface area contributed by atoms with Crippen molar-refractivity contribution in [2.75, 3.05) is 6.54 Å². The molecular weight excluding hydrogens is 620 g/mol. The minimum atomic E-state index is -1.28. The Balaban J connectivity index is 0.000000330. The van der Waals surface area contributed by atoms with Gasteiger partial charge in [-0.05, 0) is 68.0 Å². The predicted octanol–water partition coefficient (Wildman–Crippen LogP) is 7.39. The van der Waals surface area contributed by atoms with E-state index in [-0.39, 0.29) is 36.8 Å². The van der Waals surface area contributed by atoms with Crippen molar-refractivity contribution in [2.45, 2.75) is 77.0 Å². The van der Waals surface area contributed by atoms with E-state index in [1.807, 2.05) is 98.0 Å². The zero-order chi connectivity index (χ0) is 34.9. The molecule has 5 aromatic rings. The molecule has 3 aromatic carbocycles. The van der Waals surface area contributed by atoms with E-state index in [1.165, 1.54) is 6.42 Å². The molecule has 2 heterocycles. The zero-order valence-electron chi connectivity index (χ0n) is 28.2. The van der Waals surface area contributed by atoms with Crippen LogP contribution in [0.5, 0.6) is 0 Å². The van der Waals surface area contributed by atoms with Crippen molar-refractivity contribution >= 4 is 39.8 Å². The third-order valence-corrected chi connectivity index (χ3v) is 9.44. The smallest absolute Gasteiger partial charge is 0.408 e. The fourth-order valence-corrected chi connectivity index (χ4v) is 6.60. The van der Waals surface area contributed by atoms with Gasteiger partial charge in [-0.15, -0.1) is 0 Å². The number of carboxylic acid groups (broad SMARTS) is 1. The number of benzene rings is 3. The second-order valence-electron chi connectivity index (χ2n) is 13.3. The number of nitrogens with two attached hydrogens (primary N) is 1. The Labute approximate surface area is 286 Å². The monoisotopic (exact) mass is 666 g/mol. The van der Waals surface area contributed by atoms with Crippen LogP contribution in [0.15, 0.2) is 95.5 Å². The average molecular weight is 667 g/mol. The molecule has 0 bridgehead atoms. The number of aromatic nitrogens is 1. The molecule has 0 radical (unpaired) electrons. The summed E-state index contributed by atoms with van der Waals surface area (Å²) in [6, 6.07) is 26.7. The number of hydrogen-bond acceptors (Lipinski definition) is 6. The van der Waals surface area contributed by atoms with Gasteiger partial charge in [0.2, 0.25) is 5.91 Å². The summed E-state index contributed by atoms with van der Waals surface area (Å²) in [5.41, 5.74) is 7.84. The van der Waals surface area contributed by atoms with Gasteiger partial charge in [0.1, 0.15) is 16.9 Å². The number of furan rings is 1. The van der Waals surface area contributed by atoms with E-state index in [4.69, 9.17) is 20.0 Å². The first-order valence-corrected chi connectivity index (χ1v) is 16.8. The van der Waals surface area contributed by atoms with E-state index in [0.29, 0.717) is 12.3 Å². The van der Waals surface area contributed by atoms with E-state index in [0.717, 1.165) is 58.7 Å². The number of H-pyrrole nitrogens is 1. The predicted molar refractivity (Wildman–Crippen MR) is 190 cm³/mol. The van der Waals surface area contributed by atoms with E-state index in [2.05, 4.69) is 15.6 Å². The summed E-state index contributed by atoms with van der Waals surface area (Å²) in [5.74, 6) is -0.492. The standard InChI is InChI=1S/C30H29N3O4.C9H17NO2/c1-20(21-10-4-3-5-11-21)32-28(34)30(2,17-23-18-31-26-14-8-7-13-25(23)26)33-29(35)36-19-24-16-22-12-6-9-15-27(22)37-24;10-7-9(6-8(11)12)4-2-1-3-5-9/h3-16,18,20,31H,17,19H2,1-2H3,(H,32,34)(H,33,35);1-7,10H2,(H,11,12)/t20-,30+;/m0./s1. The lowest BCUT2D eigenvalue weighted by Crippen LogP contribution is -2.58. The van der Waals surface area contributed by atoms with Gasteiger partial charge < -0.3 is 35.6 Å². The lowest BCUT2D eigenvalue weighted by Gasteiger charge is -2.34. The molecule has 1 saturated carbocycles. The number of aromatic amines is 1. The lowest BCUT2D eigenvalue weighted by atomic mass is 9.72. The highest BCUT2D eigenvalue weighted by atomic mass is 16.6. The van der Waals surface area contributed by atoms with E-state index >= 15 is 0 Å². The van der Waals surface area contributed by atoms with Crippen LogP contribution in [0.4, 0.5) is 4.79 Å². The van der Waals surface area contributed by atoms with Gasteiger partial charge in [0, 0.05) is 28.9 Å². The number of carbonyl (C=O) groups excluding carboxylic acids is 2. The van der Waals surface area contributed by atoms with Crippen LogP contribution >= 0.6 is 0 Å². The number of amides is 2. The van der Waals surface area contributed by atoms with Crippen molar-refractivity contribution < 1.29 is 28.6 Å². The van der Waals surface area contributed by atoms with Crippen LogP contribution in [-0.2, 0) is 27.4 Å². The summed E-state index contributed by atoms with van der Waals surface area (Å²) in [7, 11) is 0. The molecule has 0 spiro atoms. The molecule has 6 N–H and O–H groups in total. The molecule has 1 fully saturated rings. The third-order valence-electron chi connectivity index (χ3n) is 9.44. The highest BCUT2D eigenvalue weighted by molar-refractivity contribution is 5.92. The van der Waals surface area contributed by atoms with Crippen LogP contribution in [0.3, 0.4) is 0 Å². The van der Waals surface area contributed by atoms with Crippen molar-refractivity contribution in [3.8, 4) is 0 Å². The van der Waals surface area contributed by atoms with Crippen molar-refractivity contribution in [1.82, 2.24) is 15.6 Å². The number of ether oxygens (including phenoxy) is 1. The Bertz CT molecular complexity index is 1830. The number of carbonyl (C=O) groups is 3. The number of hydrogen-bond donors (Lipinski definition) is 5. The Hall–Kier alpha value is -5.09. The number of fused-ring (bicyclic) bond motifs is 2. The Morgan fingerprint density at radius 3 is 2.41 bits per heavy atom. The van der Waals surface area contributed by atoms with Gasteiger partial charge in [0.05, 0.1) is 12.5 Å². The molecule has 10 heteroatoms. The van der Waals surface area contributed by atoms with E-state index < -0.39 is 17.6 Å². The van der Waals surface area contributed by atoms with Gasteiger partial charge in [-0.25, -0.2) is 4.79 Å². The van der Waals surface area contributed by atoms with Crippen molar-refractivity contribution in [1.29, 1.82) is 0 Å². The van der Waals surface area contributed by atoms with Crippen LogP contribution in [0, 0.1) is 5.41 Å². The molecule has 1 aliphatic carbocycles. The van der Waals surface area contributed by atoms with Crippen LogP contribution in [0.2, 0.25) is 0 Å². The SMILES string of the molecule is C[C@H](NC(=O)[C@@](C)(Cc1c[nH]c2ccccc12)NC(=O)OCc1cc2ccccc2o1)c1ccccc1.NCC1(CC(=O)O)CCCCC1. The zero-order valence-corrected chi connectivity index (χ0v) is 28.2. The maximum atomic E-state index is 13.6. The Morgan fingerprint density at radius 1 is 1.00 bits per heavy atom. The van der Waals surface area contributed by atoms with Gasteiger partial charge in [-0.3, -0.25) is 9.59 Å². The van der Waals surface area contributed by atoms with Crippen LogP contribution < -0.4 is 16.4 Å². The molecular formula is C39H46N4O6. The van der Waals surface area contributed by atoms with Crippen molar-refractivity contribution in [3.63, 3.8) is 0 Å². The van der Waals surface area contributed by atoms with E-state index in [9.17, 15) is 14.4 Å². The molecule has 10 nitrogen and oxygen atoms in total. The largest absolute Gasteiger partial charge is 0.481 e. The number of carboxylic acids is 1. The second-order valence-corrected chi connectivity index (χ2v) is 13.3. The van der Waals surface area contributed by atoms with Gasteiger partial charge in [0.25, 0.3) is 0 Å². The highest BCUT2D eigenvalue weighted by Crippen LogP contribution is 2.38. The summed E-state index contributed by atoms with van der Waals surface area (Å²) >= 11 is 0. The van der Waals surface area contributed by atoms with Gasteiger partial charge in [0.15, 0.2) is 6.61 Å². The first-order valence-electron chi connectivity index (χ1n) is 16.8. The highest BCUT2D eigenvalue weighted by Gasteiger charge is 2.37. The van der Waals surface area contributed by atoms with Crippen LogP contribution in [-0.4, -0.2) is 40.1 Å². The van der Waals surface area contributed by atoms with E-state index in [1.54, 1.807) is 6.92 Å².